The summed E-state index contributed by atoms with van der Waals surface area (Å²) >= 11 is 0. The molecule has 0 bridgehead atoms. The number of urea groups is 1. The first kappa shape index (κ1) is 37.8. The number of fused-ring (bicyclic) bond motifs is 1. The molecule has 4 atom stereocenters. The molecule has 1 aliphatic rings. The van der Waals surface area contributed by atoms with Gasteiger partial charge in [-0.1, -0.05) is 17.2 Å². The Morgan fingerprint density at radius 1 is 1.08 bits per heavy atom. The normalized spacial score (nSPS) is 20.3. The number of hydrogen-bond acceptors (Lipinski definition) is 11. The number of anilines is 2. The molecule has 0 unspecified atom stereocenters. The van der Waals surface area contributed by atoms with Crippen molar-refractivity contribution >= 4 is 33.3 Å². The van der Waals surface area contributed by atoms with E-state index in [9.17, 15) is 23.1 Å². The summed E-state index contributed by atoms with van der Waals surface area (Å²) in [6.45, 7) is 12.2. The molecular formula is C33H48N6O9S. The topological polar surface area (TPSA) is 190 Å². The molecule has 2 aromatic heterocycles. The minimum atomic E-state index is -3.96. The van der Waals surface area contributed by atoms with Crippen LogP contribution in [0.25, 0.3) is 0 Å². The average molecular weight is 705 g/mol. The van der Waals surface area contributed by atoms with E-state index in [0.717, 1.165) is 6.42 Å². The number of sulfonamides is 1. The third kappa shape index (κ3) is 8.98. The van der Waals surface area contributed by atoms with Gasteiger partial charge in [0.05, 0.1) is 30.4 Å². The van der Waals surface area contributed by atoms with E-state index in [0.29, 0.717) is 48.0 Å². The summed E-state index contributed by atoms with van der Waals surface area (Å²) < 4.78 is 51.2. The summed E-state index contributed by atoms with van der Waals surface area (Å²) in [5, 5.41) is 23.4. The minimum Gasteiger partial charge on any atom is -0.490 e. The maximum Gasteiger partial charge on any atom is 0.323 e. The molecule has 16 heteroatoms. The van der Waals surface area contributed by atoms with E-state index < -0.39 is 34.1 Å². The van der Waals surface area contributed by atoms with Crippen LogP contribution in [0.1, 0.15) is 73.3 Å². The predicted octanol–water partition coefficient (Wildman–Crippen LogP) is 4.66. The van der Waals surface area contributed by atoms with Gasteiger partial charge in [-0.05, 0) is 79.0 Å². The third-order valence-electron chi connectivity index (χ3n) is 8.65. The number of nitrogens with zero attached hydrogens (tertiary/aromatic N) is 4. The summed E-state index contributed by atoms with van der Waals surface area (Å²) in [5.74, 6) is 0.188. The van der Waals surface area contributed by atoms with Crippen molar-refractivity contribution in [1.82, 2.24) is 19.5 Å². The molecule has 49 heavy (non-hydrogen) atoms. The summed E-state index contributed by atoms with van der Waals surface area (Å²) in [6.07, 6.45) is 1.31. The van der Waals surface area contributed by atoms with Crippen LogP contribution in [0.3, 0.4) is 0 Å². The van der Waals surface area contributed by atoms with Crippen molar-refractivity contribution in [2.24, 2.45) is 5.92 Å². The van der Waals surface area contributed by atoms with Gasteiger partial charge in [0.2, 0.25) is 10.0 Å². The van der Waals surface area contributed by atoms with Crippen molar-refractivity contribution < 1.29 is 41.6 Å². The Hall–Kier alpha value is -3.99. The van der Waals surface area contributed by atoms with Crippen molar-refractivity contribution in [2.75, 3.05) is 44.0 Å². The first-order valence-electron chi connectivity index (χ1n) is 16.4. The molecule has 3 N–H and O–H groups in total. The molecule has 0 spiro atoms. The zero-order valence-corrected chi connectivity index (χ0v) is 30.2. The Kier molecular flexibility index (Phi) is 12.5. The summed E-state index contributed by atoms with van der Waals surface area (Å²) in [6, 6.07) is 3.67. The highest BCUT2D eigenvalue weighted by Crippen LogP contribution is 2.30. The maximum atomic E-state index is 14.4. The first-order valence-corrected chi connectivity index (χ1v) is 17.8. The van der Waals surface area contributed by atoms with Crippen molar-refractivity contribution in [1.29, 1.82) is 0 Å². The SMILES string of the molecule is Cc1noc(C)c1NC(=O)Nc1ccc2c(c1)C(=O)N([C@@H](C)CO)C[C@H](C)[C@@H](CN(C)S(=O)(=O)c1c(C)noc1C)OCCCC[C@@H](C)O2. The molecule has 1 aromatic carbocycles. The zero-order valence-electron chi connectivity index (χ0n) is 29.4. The highest BCUT2D eigenvalue weighted by molar-refractivity contribution is 7.89. The molecule has 3 aromatic rings. The van der Waals surface area contributed by atoms with Crippen molar-refractivity contribution in [2.45, 2.75) is 90.9 Å². The van der Waals surface area contributed by atoms with E-state index in [1.54, 1.807) is 52.8 Å². The van der Waals surface area contributed by atoms with Gasteiger partial charge >= 0.3 is 6.03 Å². The van der Waals surface area contributed by atoms with E-state index in [4.69, 9.17) is 18.5 Å². The lowest BCUT2D eigenvalue weighted by Gasteiger charge is -2.35. The van der Waals surface area contributed by atoms with Crippen molar-refractivity contribution in [3.05, 3.63) is 46.7 Å². The Morgan fingerprint density at radius 3 is 2.41 bits per heavy atom. The Bertz CT molecular complexity index is 1680. The number of aliphatic hydroxyl groups excluding tert-OH is 1. The third-order valence-corrected chi connectivity index (χ3v) is 10.7. The second-order valence-corrected chi connectivity index (χ2v) is 14.7. The molecule has 3 heterocycles. The van der Waals surface area contributed by atoms with Gasteiger partial charge in [-0.25, -0.2) is 13.2 Å². The van der Waals surface area contributed by atoms with E-state index >= 15 is 0 Å². The van der Waals surface area contributed by atoms with Gasteiger partial charge in [0.1, 0.15) is 27.7 Å². The molecule has 3 amide bonds. The summed E-state index contributed by atoms with van der Waals surface area (Å²) in [4.78, 5) is 28.8. The fourth-order valence-corrected chi connectivity index (χ4v) is 7.22. The smallest absolute Gasteiger partial charge is 0.323 e. The highest BCUT2D eigenvalue weighted by Gasteiger charge is 2.34. The quantitative estimate of drug-likeness (QED) is 0.296. The lowest BCUT2D eigenvalue weighted by Crippen LogP contribution is -2.48. The average Bonchev–Trinajstić information content (AvgIpc) is 3.56. The maximum absolute atomic E-state index is 14.4. The number of aromatic nitrogens is 2. The van der Waals surface area contributed by atoms with Crippen LogP contribution >= 0.6 is 0 Å². The standard InChI is InChI=1S/C33H48N6O9S/c1-19-16-39(20(2)18-40)32(41)27-15-26(34-33(42)35-30-22(4)36-47-24(30)6)12-13-28(27)46-21(3)11-9-10-14-45-29(19)17-38(8)49(43,44)31-23(5)37-48-25(31)7/h12-13,15,19-21,29,40H,9-11,14,16-18H2,1-8H3,(H2,34,35,42)/t19-,20-,21+,29+/m0/s1. The van der Waals surface area contributed by atoms with Crippen LogP contribution in [0.5, 0.6) is 5.75 Å². The molecule has 0 saturated heterocycles. The summed E-state index contributed by atoms with van der Waals surface area (Å²) in [7, 11) is -2.48. The number of nitrogens with one attached hydrogen (secondary N) is 2. The number of ether oxygens (including phenoxy) is 2. The van der Waals surface area contributed by atoms with Crippen LogP contribution < -0.4 is 15.4 Å². The largest absolute Gasteiger partial charge is 0.490 e. The number of aryl methyl sites for hydroxylation is 4. The van der Waals surface area contributed by atoms with Crippen LogP contribution in [0.4, 0.5) is 16.2 Å². The molecule has 0 aliphatic carbocycles. The molecule has 0 fully saturated rings. The molecule has 4 rings (SSSR count). The molecule has 1 aliphatic heterocycles. The fraction of sp³-hybridized carbons (Fsp3) is 0.576. The number of benzene rings is 1. The number of hydrogen-bond donors (Lipinski definition) is 3. The van der Waals surface area contributed by atoms with Crippen molar-refractivity contribution in [3.63, 3.8) is 0 Å². The summed E-state index contributed by atoms with van der Waals surface area (Å²) in [5.41, 5.74) is 1.77. The van der Waals surface area contributed by atoms with Gasteiger partial charge in [0.15, 0.2) is 11.5 Å². The van der Waals surface area contributed by atoms with Crippen molar-refractivity contribution in [3.8, 4) is 5.75 Å². The highest BCUT2D eigenvalue weighted by atomic mass is 32.2. The molecule has 15 nitrogen and oxygen atoms in total. The number of amides is 3. The lowest BCUT2D eigenvalue weighted by molar-refractivity contribution is -0.00835. The second kappa shape index (κ2) is 16.1. The van der Waals surface area contributed by atoms with E-state index in [2.05, 4.69) is 20.9 Å². The molecule has 270 valence electrons. The number of likely N-dealkylation sites (N-methyl/N-ethyl adjacent to an activating group) is 1. The van der Waals surface area contributed by atoms with Crippen LogP contribution in [-0.4, -0.2) is 96.6 Å². The molecule has 0 radical (unpaired) electrons. The number of rotatable bonds is 8. The lowest BCUT2D eigenvalue weighted by atomic mass is 10.0. The Labute approximate surface area is 287 Å². The van der Waals surface area contributed by atoms with Crippen LogP contribution in [-0.2, 0) is 14.8 Å². The fourth-order valence-electron chi connectivity index (χ4n) is 5.75. The van der Waals surface area contributed by atoms with Crippen LogP contribution in [0, 0.1) is 33.6 Å². The molecule has 0 saturated carbocycles. The zero-order chi connectivity index (χ0) is 36.0. The van der Waals surface area contributed by atoms with Crippen LogP contribution in [0.15, 0.2) is 32.1 Å². The van der Waals surface area contributed by atoms with Gasteiger partial charge < -0.3 is 39.2 Å². The predicted molar refractivity (Wildman–Crippen MR) is 181 cm³/mol. The Morgan fingerprint density at radius 2 is 1.78 bits per heavy atom. The first-order chi connectivity index (χ1) is 23.1. The van der Waals surface area contributed by atoms with Crippen LogP contribution in [0.2, 0.25) is 0 Å². The van der Waals surface area contributed by atoms with E-state index in [-0.39, 0.29) is 53.6 Å². The van der Waals surface area contributed by atoms with E-state index in [1.165, 1.54) is 16.3 Å². The van der Waals surface area contributed by atoms with Gasteiger partial charge in [-0.15, -0.1) is 0 Å². The van der Waals surface area contributed by atoms with Gasteiger partial charge in [0, 0.05) is 38.3 Å². The Balaban J connectivity index is 1.64. The number of aliphatic hydroxyl groups is 1. The number of carbonyl (C=O) groups is 2. The monoisotopic (exact) mass is 704 g/mol. The van der Waals surface area contributed by atoms with Gasteiger partial charge in [-0.2, -0.15) is 4.31 Å². The number of carbonyl (C=O) groups excluding carboxylic acids is 2. The van der Waals surface area contributed by atoms with Gasteiger partial charge in [0.25, 0.3) is 5.91 Å². The van der Waals surface area contributed by atoms with E-state index in [1.807, 2.05) is 13.8 Å². The minimum absolute atomic E-state index is 0.00745. The second-order valence-electron chi connectivity index (χ2n) is 12.7. The van der Waals surface area contributed by atoms with Gasteiger partial charge in [-0.3, -0.25) is 4.79 Å². The molecular weight excluding hydrogens is 656 g/mol.